The summed E-state index contributed by atoms with van der Waals surface area (Å²) in [6.45, 7) is 3.59. The van der Waals surface area contributed by atoms with E-state index in [0.717, 1.165) is 43.4 Å². The minimum atomic E-state index is -1.04. The van der Waals surface area contributed by atoms with E-state index in [1.807, 2.05) is 6.92 Å². The molecule has 0 radical (unpaired) electrons. The van der Waals surface area contributed by atoms with Crippen LogP contribution >= 0.6 is 11.8 Å². The summed E-state index contributed by atoms with van der Waals surface area (Å²) >= 11 is 1.63. The van der Waals surface area contributed by atoms with Gasteiger partial charge in [0.15, 0.2) is 0 Å². The first-order valence-electron chi connectivity index (χ1n) is 10.4. The molecule has 4 atom stereocenters. The summed E-state index contributed by atoms with van der Waals surface area (Å²) in [6.07, 6.45) is 5.75. The van der Waals surface area contributed by atoms with Gasteiger partial charge in [0.1, 0.15) is 5.70 Å². The largest absolute Gasteiger partial charge is 0.477 e. The van der Waals surface area contributed by atoms with Crippen LogP contribution in [-0.2, 0) is 9.59 Å². The number of aliphatic carboxylic acids is 1. The fraction of sp³-hybridized carbons (Fsp3) is 0.800. The summed E-state index contributed by atoms with van der Waals surface area (Å²) in [5.41, 5.74) is 6.12. The molecule has 156 valence electrons. The van der Waals surface area contributed by atoms with Crippen LogP contribution in [0.3, 0.4) is 0 Å². The van der Waals surface area contributed by atoms with Gasteiger partial charge in [-0.05, 0) is 45.4 Å². The minimum Gasteiger partial charge on any atom is -0.477 e. The van der Waals surface area contributed by atoms with Gasteiger partial charge in [0.25, 0.3) is 0 Å². The van der Waals surface area contributed by atoms with E-state index >= 15 is 0 Å². The summed E-state index contributed by atoms with van der Waals surface area (Å²) < 4.78 is 0. The van der Waals surface area contributed by atoms with Crippen LogP contribution in [0.25, 0.3) is 0 Å². The fourth-order valence-corrected chi connectivity index (χ4v) is 6.94. The molecule has 28 heavy (non-hydrogen) atoms. The molecule has 1 amide bonds. The number of carbonyl (C=O) groups excluding carboxylic acids is 1. The van der Waals surface area contributed by atoms with E-state index in [4.69, 9.17) is 5.73 Å². The molecule has 8 heteroatoms. The van der Waals surface area contributed by atoms with Gasteiger partial charge in [0.05, 0.1) is 18.1 Å². The van der Waals surface area contributed by atoms with Crippen molar-refractivity contribution in [3.63, 3.8) is 0 Å². The molecule has 1 saturated heterocycles. The van der Waals surface area contributed by atoms with Crippen molar-refractivity contribution in [2.75, 3.05) is 0 Å². The quantitative estimate of drug-likeness (QED) is 0.488. The van der Waals surface area contributed by atoms with Gasteiger partial charge < -0.3 is 26.2 Å². The first kappa shape index (κ1) is 20.2. The Balaban J connectivity index is 1.36. The molecule has 0 spiro atoms. The van der Waals surface area contributed by atoms with Crippen LogP contribution in [0, 0.1) is 11.8 Å². The molecule has 0 aromatic heterocycles. The zero-order valence-electron chi connectivity index (χ0n) is 16.5. The number of hydrogen-bond acceptors (Lipinski definition) is 6. The number of hydrogen-bond donors (Lipinski definition) is 4. The van der Waals surface area contributed by atoms with E-state index in [0.29, 0.717) is 23.4 Å². The smallest absolute Gasteiger partial charge is 0.353 e. The monoisotopic (exact) mass is 409 g/mol. The van der Waals surface area contributed by atoms with E-state index in [2.05, 4.69) is 5.32 Å². The number of nitrogens with one attached hydrogen (secondary N) is 1. The average molecular weight is 410 g/mol. The summed E-state index contributed by atoms with van der Waals surface area (Å²) in [4.78, 5) is 26.5. The van der Waals surface area contributed by atoms with Crippen LogP contribution < -0.4 is 11.1 Å². The van der Waals surface area contributed by atoms with Crippen molar-refractivity contribution in [3.8, 4) is 0 Å². The third-order valence-corrected chi connectivity index (χ3v) is 8.48. The van der Waals surface area contributed by atoms with E-state index in [1.54, 1.807) is 18.7 Å². The Hall–Kier alpha value is -1.09. The van der Waals surface area contributed by atoms with Crippen molar-refractivity contribution in [1.82, 2.24) is 10.2 Å². The highest BCUT2D eigenvalue weighted by molar-refractivity contribution is 8.03. The Bertz CT molecular complexity index is 683. The zero-order chi connectivity index (χ0) is 20.2. The summed E-state index contributed by atoms with van der Waals surface area (Å²) in [5, 5.41) is 23.8. The number of fused-ring (bicyclic) bond motifs is 1. The summed E-state index contributed by atoms with van der Waals surface area (Å²) in [6, 6.07) is 1.18. The highest BCUT2D eigenvalue weighted by Gasteiger charge is 2.60. The highest BCUT2D eigenvalue weighted by atomic mass is 32.2. The van der Waals surface area contributed by atoms with Crippen molar-refractivity contribution in [2.45, 2.75) is 87.9 Å². The van der Waals surface area contributed by atoms with Crippen LogP contribution in [0.5, 0.6) is 0 Å². The van der Waals surface area contributed by atoms with Gasteiger partial charge in [-0.15, -0.1) is 11.8 Å². The van der Waals surface area contributed by atoms with E-state index in [-0.39, 0.29) is 23.6 Å². The van der Waals surface area contributed by atoms with Crippen molar-refractivity contribution in [3.05, 3.63) is 10.6 Å². The van der Waals surface area contributed by atoms with Crippen molar-refractivity contribution >= 4 is 23.6 Å². The maximum Gasteiger partial charge on any atom is 0.353 e. The second kappa shape index (κ2) is 7.63. The molecule has 2 aliphatic carbocycles. The van der Waals surface area contributed by atoms with Gasteiger partial charge in [-0.2, -0.15) is 0 Å². The number of aliphatic hydroxyl groups is 1. The number of carbonyl (C=O) groups is 2. The molecule has 0 unspecified atom stereocenters. The first-order valence-corrected chi connectivity index (χ1v) is 11.3. The van der Waals surface area contributed by atoms with Crippen LogP contribution in [-0.4, -0.2) is 62.5 Å². The van der Waals surface area contributed by atoms with E-state index in [9.17, 15) is 19.8 Å². The van der Waals surface area contributed by atoms with Crippen molar-refractivity contribution in [1.29, 1.82) is 0 Å². The second-order valence-corrected chi connectivity index (χ2v) is 10.3. The molecule has 0 bridgehead atoms. The van der Waals surface area contributed by atoms with Crippen LogP contribution in [0.15, 0.2) is 10.6 Å². The SMILES string of the molecule is C[C@@H](O)[C@H]1C(=O)N2C(C(=O)O)=C(S[C@H]3C[C@H](N[C@H]4CC[C@@H](N)CC4)C3)[C@H](C)[C@H]12. The lowest BCUT2D eigenvalue weighted by Gasteiger charge is -2.46. The average Bonchev–Trinajstić information content (AvgIpc) is 2.83. The topological polar surface area (TPSA) is 116 Å². The van der Waals surface area contributed by atoms with Crippen LogP contribution in [0.2, 0.25) is 0 Å². The molecule has 2 aliphatic heterocycles. The number of carboxylic acids is 1. The second-order valence-electron chi connectivity index (χ2n) is 8.96. The van der Waals surface area contributed by atoms with Gasteiger partial charge in [-0.3, -0.25) is 4.79 Å². The molecule has 0 aromatic rings. The van der Waals surface area contributed by atoms with E-state index < -0.39 is 18.0 Å². The summed E-state index contributed by atoms with van der Waals surface area (Å²) in [5.74, 6) is -1.83. The number of nitrogens with zero attached hydrogens (tertiary/aromatic N) is 1. The third-order valence-electron chi connectivity index (χ3n) is 6.94. The lowest BCUT2D eigenvalue weighted by Crippen LogP contribution is -2.63. The molecule has 3 fully saturated rings. The number of β-lactam (4-membered cyclic amide) rings is 1. The maximum absolute atomic E-state index is 12.4. The van der Waals surface area contributed by atoms with Crippen LogP contribution in [0.1, 0.15) is 52.4 Å². The normalized spacial score (nSPS) is 41.4. The Kier molecular flexibility index (Phi) is 5.50. The van der Waals surface area contributed by atoms with Gasteiger partial charge in [0, 0.05) is 34.2 Å². The van der Waals surface area contributed by atoms with Gasteiger partial charge in [-0.25, -0.2) is 4.79 Å². The number of amides is 1. The number of aliphatic hydroxyl groups excluding tert-OH is 1. The third kappa shape index (κ3) is 3.38. The lowest BCUT2D eigenvalue weighted by molar-refractivity contribution is -0.163. The molecule has 4 rings (SSSR count). The molecule has 2 heterocycles. The Morgan fingerprint density at radius 2 is 1.89 bits per heavy atom. The van der Waals surface area contributed by atoms with Crippen LogP contribution in [0.4, 0.5) is 0 Å². The number of nitrogens with two attached hydrogens (primary N) is 1. The zero-order valence-corrected chi connectivity index (χ0v) is 17.3. The van der Waals surface area contributed by atoms with Gasteiger partial charge in [0.2, 0.25) is 5.91 Å². The number of thioether (sulfide) groups is 1. The van der Waals surface area contributed by atoms with Gasteiger partial charge >= 0.3 is 5.97 Å². The predicted octanol–water partition coefficient (Wildman–Crippen LogP) is 1.26. The number of rotatable bonds is 6. The molecular formula is C20H31N3O4S. The first-order chi connectivity index (χ1) is 13.3. The Morgan fingerprint density at radius 1 is 1.25 bits per heavy atom. The number of carboxylic acid groups (broad SMARTS) is 1. The summed E-state index contributed by atoms with van der Waals surface area (Å²) in [7, 11) is 0. The molecule has 5 N–H and O–H groups in total. The van der Waals surface area contributed by atoms with Crippen molar-refractivity contribution < 1.29 is 19.8 Å². The predicted molar refractivity (Wildman–Crippen MR) is 107 cm³/mol. The molecule has 0 aromatic carbocycles. The van der Waals surface area contributed by atoms with Gasteiger partial charge in [-0.1, -0.05) is 6.92 Å². The van der Waals surface area contributed by atoms with E-state index in [1.165, 1.54) is 4.90 Å². The Morgan fingerprint density at radius 3 is 2.46 bits per heavy atom. The lowest BCUT2D eigenvalue weighted by atomic mass is 9.79. The molecule has 2 saturated carbocycles. The molecule has 7 nitrogen and oxygen atoms in total. The highest BCUT2D eigenvalue weighted by Crippen LogP contribution is 2.53. The maximum atomic E-state index is 12.4. The standard InChI is InChI=1S/C20H31N3O4S/c1-9-16-15(10(2)24)19(25)23(16)17(20(26)27)18(9)28-14-7-13(8-14)22-12-5-3-11(21)4-6-12/h9-16,22,24H,3-8,21H2,1-2H3,(H,26,27)/t9-,10-,11-,12+,13-,14-,15-,16-/m1/s1. The minimum absolute atomic E-state index is 0.0414. The molecule has 4 aliphatic rings. The molecular weight excluding hydrogens is 378 g/mol. The van der Waals surface area contributed by atoms with Crippen molar-refractivity contribution in [2.24, 2.45) is 17.6 Å². The Labute approximate surface area is 170 Å². The fourth-order valence-electron chi connectivity index (χ4n) is 5.28.